The monoisotopic (exact) mass is 530 g/mol. The molecular formula is C23H28Cl2N2O6S. The predicted molar refractivity (Wildman–Crippen MR) is 131 cm³/mol. The van der Waals surface area contributed by atoms with Crippen LogP contribution in [-0.4, -0.2) is 65.0 Å². The maximum absolute atomic E-state index is 13.4. The Morgan fingerprint density at radius 2 is 1.76 bits per heavy atom. The van der Waals surface area contributed by atoms with Crippen LogP contribution in [-0.2, 0) is 14.8 Å². The van der Waals surface area contributed by atoms with E-state index in [0.29, 0.717) is 56.1 Å². The van der Waals surface area contributed by atoms with E-state index < -0.39 is 22.1 Å². The smallest absolute Gasteiger partial charge is 0.244 e. The number of hydrogen-bond acceptors (Lipinski definition) is 7. The number of hydrogen-bond donors (Lipinski definition) is 1. The summed E-state index contributed by atoms with van der Waals surface area (Å²) in [7, 11) is -0.866. The maximum atomic E-state index is 13.4. The fourth-order valence-electron chi connectivity index (χ4n) is 4.00. The van der Waals surface area contributed by atoms with E-state index in [2.05, 4.69) is 5.32 Å². The number of carbonyl (C=O) groups excluding carboxylic acids is 1. The van der Waals surface area contributed by atoms with E-state index in [1.807, 2.05) is 0 Å². The van der Waals surface area contributed by atoms with Crippen molar-refractivity contribution in [3.63, 3.8) is 0 Å². The maximum Gasteiger partial charge on any atom is 0.244 e. The van der Waals surface area contributed by atoms with Crippen LogP contribution < -0.4 is 19.5 Å². The number of benzene rings is 2. The molecule has 0 radical (unpaired) electrons. The van der Waals surface area contributed by atoms with Crippen LogP contribution >= 0.6 is 23.2 Å². The highest BCUT2D eigenvalue weighted by atomic mass is 35.5. The van der Waals surface area contributed by atoms with Crippen molar-refractivity contribution in [2.75, 3.05) is 33.9 Å². The minimum Gasteiger partial charge on any atom is -0.493 e. The normalized spacial score (nSPS) is 18.9. The van der Waals surface area contributed by atoms with Gasteiger partial charge in [0, 0.05) is 35.2 Å². The van der Waals surface area contributed by atoms with E-state index in [0.717, 1.165) is 6.42 Å². The molecule has 1 aliphatic rings. The summed E-state index contributed by atoms with van der Waals surface area (Å²) in [6.07, 6.45) is 2.54. The first-order valence-corrected chi connectivity index (χ1v) is 13.0. The van der Waals surface area contributed by atoms with Gasteiger partial charge in [-0.1, -0.05) is 23.2 Å². The first-order valence-electron chi connectivity index (χ1n) is 10.8. The number of nitrogens with zero attached hydrogens (tertiary/aromatic N) is 1. The highest BCUT2D eigenvalue weighted by Crippen LogP contribution is 2.32. The number of piperidine rings is 1. The van der Waals surface area contributed by atoms with Crippen LogP contribution in [0.2, 0.25) is 10.0 Å². The number of sulfonamides is 1. The molecule has 0 saturated carbocycles. The molecule has 2 unspecified atom stereocenters. The van der Waals surface area contributed by atoms with Gasteiger partial charge in [0.1, 0.15) is 18.6 Å². The van der Waals surface area contributed by atoms with Crippen LogP contribution in [0.15, 0.2) is 41.3 Å². The van der Waals surface area contributed by atoms with Gasteiger partial charge < -0.3 is 24.3 Å². The molecule has 2 aromatic carbocycles. The second-order valence-electron chi connectivity index (χ2n) is 7.80. The molecule has 186 valence electrons. The third-order valence-electron chi connectivity index (χ3n) is 5.58. The highest BCUT2D eigenvalue weighted by molar-refractivity contribution is 7.89. The molecule has 1 heterocycles. The summed E-state index contributed by atoms with van der Waals surface area (Å²) >= 11 is 12.1. The first-order chi connectivity index (χ1) is 16.3. The Balaban J connectivity index is 1.64. The number of halogens is 2. The Morgan fingerprint density at radius 1 is 1.06 bits per heavy atom. The van der Waals surface area contributed by atoms with Crippen LogP contribution in [0, 0.1) is 0 Å². The van der Waals surface area contributed by atoms with Crippen molar-refractivity contribution >= 4 is 39.5 Å². The molecule has 2 atom stereocenters. The lowest BCUT2D eigenvalue weighted by molar-refractivity contribution is -0.112. The molecule has 34 heavy (non-hydrogen) atoms. The van der Waals surface area contributed by atoms with Gasteiger partial charge in [0.05, 0.1) is 25.2 Å². The van der Waals surface area contributed by atoms with E-state index in [4.69, 9.17) is 37.4 Å². The van der Waals surface area contributed by atoms with Crippen LogP contribution in [0.5, 0.6) is 17.2 Å². The van der Waals surface area contributed by atoms with Gasteiger partial charge in [0.15, 0.2) is 11.5 Å². The van der Waals surface area contributed by atoms with E-state index in [-0.39, 0.29) is 14.9 Å². The van der Waals surface area contributed by atoms with Crippen LogP contribution in [0.1, 0.15) is 19.3 Å². The molecule has 0 aliphatic carbocycles. The van der Waals surface area contributed by atoms with E-state index in [1.165, 1.54) is 22.5 Å². The fourth-order valence-corrected chi connectivity index (χ4v) is 6.53. The van der Waals surface area contributed by atoms with Crippen molar-refractivity contribution in [2.45, 2.75) is 36.2 Å². The van der Waals surface area contributed by atoms with Gasteiger partial charge in [-0.3, -0.25) is 0 Å². The molecule has 11 heteroatoms. The summed E-state index contributed by atoms with van der Waals surface area (Å²) in [4.78, 5) is 11.7. The Labute approximate surface area is 210 Å². The molecule has 0 bridgehead atoms. The summed E-state index contributed by atoms with van der Waals surface area (Å²) in [5.41, 5.74) is 0. The fraction of sp³-hybridized carbons (Fsp3) is 0.435. The minimum atomic E-state index is -3.98. The number of rotatable bonds is 11. The lowest BCUT2D eigenvalue weighted by Crippen LogP contribution is -2.54. The van der Waals surface area contributed by atoms with E-state index in [1.54, 1.807) is 32.4 Å². The van der Waals surface area contributed by atoms with Gasteiger partial charge in [-0.2, -0.15) is 4.31 Å². The Morgan fingerprint density at radius 3 is 2.41 bits per heavy atom. The largest absolute Gasteiger partial charge is 0.493 e. The number of aldehydes is 1. The molecule has 8 nitrogen and oxygen atoms in total. The molecule has 0 amide bonds. The van der Waals surface area contributed by atoms with Crippen molar-refractivity contribution in [3.05, 3.63) is 46.4 Å². The highest BCUT2D eigenvalue weighted by Gasteiger charge is 2.39. The molecule has 0 spiro atoms. The molecule has 1 N–H and O–H groups in total. The topological polar surface area (TPSA) is 94.2 Å². The summed E-state index contributed by atoms with van der Waals surface area (Å²) in [5.74, 6) is 1.80. The Kier molecular flexibility index (Phi) is 9.44. The number of ether oxygens (including phenoxy) is 3. The molecule has 1 aliphatic heterocycles. The van der Waals surface area contributed by atoms with Gasteiger partial charge in [0.25, 0.3) is 0 Å². The predicted octanol–water partition coefficient (Wildman–Crippen LogP) is 3.79. The summed E-state index contributed by atoms with van der Waals surface area (Å²) in [6.45, 7) is 1.20. The molecular weight excluding hydrogens is 503 g/mol. The zero-order chi connectivity index (χ0) is 24.7. The molecule has 0 aromatic heterocycles. The van der Waals surface area contributed by atoms with E-state index in [9.17, 15) is 13.2 Å². The van der Waals surface area contributed by atoms with Crippen LogP contribution in [0.25, 0.3) is 0 Å². The van der Waals surface area contributed by atoms with Crippen molar-refractivity contribution in [1.29, 1.82) is 0 Å². The SMILES string of the molecule is COc1ccc(OCCNCC2CCCC(C=O)N2S(=O)(=O)c2cc(Cl)cc(Cl)c2)cc1OC. The average Bonchev–Trinajstić information content (AvgIpc) is 2.82. The van der Waals surface area contributed by atoms with Crippen molar-refractivity contribution < 1.29 is 27.4 Å². The summed E-state index contributed by atoms with van der Waals surface area (Å²) in [5, 5.41) is 3.67. The van der Waals surface area contributed by atoms with Gasteiger partial charge in [0.2, 0.25) is 10.0 Å². The zero-order valence-corrected chi connectivity index (χ0v) is 21.3. The first kappa shape index (κ1) is 26.6. The number of methoxy groups -OCH3 is 2. The number of carbonyl (C=O) groups is 1. The zero-order valence-electron chi connectivity index (χ0n) is 19.0. The average molecular weight is 531 g/mol. The Bertz CT molecular complexity index is 1080. The lowest BCUT2D eigenvalue weighted by atomic mass is 9.99. The minimum absolute atomic E-state index is 0.0273. The van der Waals surface area contributed by atoms with Crippen LogP contribution in [0.4, 0.5) is 0 Å². The summed E-state index contributed by atoms with van der Waals surface area (Å²) < 4.78 is 44.4. The number of nitrogens with one attached hydrogen (secondary N) is 1. The van der Waals surface area contributed by atoms with Gasteiger partial charge in [-0.15, -0.1) is 0 Å². The van der Waals surface area contributed by atoms with Gasteiger partial charge >= 0.3 is 0 Å². The van der Waals surface area contributed by atoms with Gasteiger partial charge in [-0.05, 0) is 49.6 Å². The second-order valence-corrected chi connectivity index (χ2v) is 10.5. The Hall–Kier alpha value is -2.04. The van der Waals surface area contributed by atoms with Crippen molar-refractivity contribution in [3.8, 4) is 17.2 Å². The third-order valence-corrected chi connectivity index (χ3v) is 7.97. The third kappa shape index (κ3) is 6.34. The molecule has 2 aromatic rings. The molecule has 3 rings (SSSR count). The van der Waals surface area contributed by atoms with Gasteiger partial charge in [-0.25, -0.2) is 8.42 Å². The van der Waals surface area contributed by atoms with Crippen LogP contribution in [0.3, 0.4) is 0 Å². The van der Waals surface area contributed by atoms with Crippen molar-refractivity contribution in [1.82, 2.24) is 9.62 Å². The second kappa shape index (κ2) is 12.1. The molecule has 1 fully saturated rings. The summed E-state index contributed by atoms with van der Waals surface area (Å²) in [6, 6.07) is 8.29. The van der Waals surface area contributed by atoms with E-state index >= 15 is 0 Å². The van der Waals surface area contributed by atoms with Crippen molar-refractivity contribution in [2.24, 2.45) is 0 Å². The standard InChI is InChI=1S/C23H28Cl2N2O6S/c1-31-22-7-6-20(13-23(22)32-2)33-9-8-26-14-18-4-3-5-19(15-28)27(18)34(29,30)21-11-16(24)10-17(25)12-21/h6-7,10-13,15,18-19,26H,3-5,8-9,14H2,1-2H3. The lowest BCUT2D eigenvalue weighted by Gasteiger charge is -2.38. The molecule has 1 saturated heterocycles. The quantitative estimate of drug-likeness (QED) is 0.348.